The van der Waals surface area contributed by atoms with Crippen LogP contribution in [0.4, 0.5) is 0 Å². The summed E-state index contributed by atoms with van der Waals surface area (Å²) in [6.45, 7) is 1.29. The Morgan fingerprint density at radius 1 is 1.15 bits per heavy atom. The first kappa shape index (κ1) is 20.1. The van der Waals surface area contributed by atoms with Crippen molar-refractivity contribution in [3.8, 4) is 0 Å². The number of carbonyl (C=O) groups is 1. The van der Waals surface area contributed by atoms with E-state index in [1.807, 2.05) is 0 Å². The zero-order valence-electron chi connectivity index (χ0n) is 14.3. The van der Waals surface area contributed by atoms with Gasteiger partial charge in [0.25, 0.3) is 10.0 Å². The molecule has 0 amide bonds. The number of esters is 1. The molecule has 0 atom stereocenters. The minimum Gasteiger partial charge on any atom is -0.454 e. The molecule has 0 fully saturated rings. The third-order valence-electron chi connectivity index (χ3n) is 3.47. The third-order valence-corrected chi connectivity index (χ3v) is 6.08. The van der Waals surface area contributed by atoms with Gasteiger partial charge in [0.2, 0.25) is 15.1 Å². The van der Waals surface area contributed by atoms with Crippen LogP contribution in [0.2, 0.25) is 0 Å². The van der Waals surface area contributed by atoms with E-state index in [1.54, 1.807) is 6.92 Å². The molecule has 26 heavy (non-hydrogen) atoms. The summed E-state index contributed by atoms with van der Waals surface area (Å²) in [5.74, 6) is -0.666. The van der Waals surface area contributed by atoms with Crippen LogP contribution in [0.3, 0.4) is 0 Å². The van der Waals surface area contributed by atoms with Crippen molar-refractivity contribution in [1.82, 2.24) is 4.31 Å². The molecule has 2 N–H and O–H groups in total. The quantitative estimate of drug-likeness (QED) is 0.707. The van der Waals surface area contributed by atoms with E-state index in [4.69, 9.17) is 14.3 Å². The molecule has 0 saturated heterocycles. The Balaban J connectivity index is 2.17. The summed E-state index contributed by atoms with van der Waals surface area (Å²) in [5.41, 5.74) is 0.530. The minimum absolute atomic E-state index is 0.0317. The smallest absolute Gasteiger partial charge is 0.338 e. The van der Waals surface area contributed by atoms with E-state index in [-0.39, 0.29) is 27.9 Å². The molecule has 0 aliphatic carbocycles. The van der Waals surface area contributed by atoms with Crippen LogP contribution in [-0.2, 0) is 31.4 Å². The van der Waals surface area contributed by atoms with Crippen molar-refractivity contribution < 1.29 is 30.8 Å². The number of ether oxygens (including phenoxy) is 1. The lowest BCUT2D eigenvalue weighted by Crippen LogP contribution is -2.21. The highest BCUT2D eigenvalue weighted by Gasteiger charge is 2.22. The van der Waals surface area contributed by atoms with Gasteiger partial charge >= 0.3 is 5.97 Å². The Morgan fingerprint density at radius 3 is 2.38 bits per heavy atom. The van der Waals surface area contributed by atoms with Crippen LogP contribution in [0, 0.1) is 6.92 Å². The van der Waals surface area contributed by atoms with E-state index in [1.165, 1.54) is 38.4 Å². The fourth-order valence-electron chi connectivity index (χ4n) is 1.97. The Morgan fingerprint density at radius 2 is 1.81 bits per heavy atom. The summed E-state index contributed by atoms with van der Waals surface area (Å²) in [4.78, 5) is 12.0. The average Bonchev–Trinajstić information content (AvgIpc) is 3.01. The molecular weight excluding hydrogens is 384 g/mol. The molecule has 0 saturated carbocycles. The molecule has 0 spiro atoms. The number of benzene rings is 1. The predicted octanol–water partition coefficient (Wildman–Crippen LogP) is 0.843. The summed E-state index contributed by atoms with van der Waals surface area (Å²) in [5, 5.41) is 4.78. The molecule has 0 bridgehead atoms. The molecule has 142 valence electrons. The van der Waals surface area contributed by atoms with Crippen LogP contribution in [0.25, 0.3) is 0 Å². The second-order valence-corrected chi connectivity index (χ2v) is 9.25. The van der Waals surface area contributed by atoms with E-state index in [2.05, 4.69) is 0 Å². The van der Waals surface area contributed by atoms with Crippen LogP contribution in [0.1, 0.15) is 21.7 Å². The lowest BCUT2D eigenvalue weighted by atomic mass is 10.1. The molecule has 1 heterocycles. The molecule has 1 aromatic carbocycles. The van der Waals surface area contributed by atoms with Crippen molar-refractivity contribution in [2.75, 3.05) is 14.1 Å². The molecule has 0 aliphatic rings. The van der Waals surface area contributed by atoms with Crippen molar-refractivity contribution >= 4 is 26.0 Å². The number of carbonyl (C=O) groups excluding carboxylic acids is 1. The maximum atomic E-state index is 12.2. The van der Waals surface area contributed by atoms with Gasteiger partial charge in [0, 0.05) is 14.1 Å². The highest BCUT2D eigenvalue weighted by atomic mass is 32.2. The molecule has 11 heteroatoms. The Hall–Kier alpha value is -2.21. The number of rotatable bonds is 6. The van der Waals surface area contributed by atoms with Gasteiger partial charge in [-0.2, -0.15) is 0 Å². The largest absolute Gasteiger partial charge is 0.454 e. The number of nitrogens with zero attached hydrogens (tertiary/aromatic N) is 1. The molecule has 2 aromatic rings. The minimum atomic E-state index is -3.96. The number of nitrogens with two attached hydrogens (primary N) is 1. The number of hydrogen-bond donors (Lipinski definition) is 1. The van der Waals surface area contributed by atoms with Gasteiger partial charge in [-0.1, -0.05) is 6.07 Å². The zero-order chi connectivity index (χ0) is 19.7. The van der Waals surface area contributed by atoms with Gasteiger partial charge in [-0.15, -0.1) is 0 Å². The Kier molecular flexibility index (Phi) is 5.56. The fraction of sp³-hybridized carbons (Fsp3) is 0.267. The van der Waals surface area contributed by atoms with E-state index in [0.29, 0.717) is 5.56 Å². The highest BCUT2D eigenvalue weighted by molar-refractivity contribution is 7.89. The maximum Gasteiger partial charge on any atom is 0.338 e. The third kappa shape index (κ3) is 4.30. The molecule has 0 aliphatic heterocycles. The predicted molar refractivity (Wildman–Crippen MR) is 91.3 cm³/mol. The van der Waals surface area contributed by atoms with Crippen LogP contribution in [0.15, 0.2) is 44.7 Å². The van der Waals surface area contributed by atoms with Crippen molar-refractivity contribution in [3.63, 3.8) is 0 Å². The first-order valence-electron chi connectivity index (χ1n) is 7.25. The van der Waals surface area contributed by atoms with Crippen LogP contribution in [0.5, 0.6) is 0 Å². The van der Waals surface area contributed by atoms with Crippen molar-refractivity contribution in [3.05, 3.63) is 47.2 Å². The molecule has 0 radical (unpaired) electrons. The van der Waals surface area contributed by atoms with Gasteiger partial charge in [-0.05, 0) is 36.8 Å². The van der Waals surface area contributed by atoms with Crippen LogP contribution < -0.4 is 5.14 Å². The normalized spacial score (nSPS) is 12.3. The van der Waals surface area contributed by atoms with E-state index >= 15 is 0 Å². The summed E-state index contributed by atoms with van der Waals surface area (Å²) in [7, 11) is -4.97. The van der Waals surface area contributed by atoms with Crippen molar-refractivity contribution in [2.45, 2.75) is 23.5 Å². The molecule has 0 unspecified atom stereocenters. The van der Waals surface area contributed by atoms with Gasteiger partial charge in [-0.25, -0.2) is 31.1 Å². The number of aryl methyl sites for hydroxylation is 1. The van der Waals surface area contributed by atoms with Gasteiger partial charge in [0.15, 0.2) is 0 Å². The molecule has 1 aromatic heterocycles. The van der Waals surface area contributed by atoms with Gasteiger partial charge in [0.1, 0.15) is 12.4 Å². The van der Waals surface area contributed by atoms with Crippen LogP contribution in [-0.4, -0.2) is 41.2 Å². The van der Waals surface area contributed by atoms with Crippen LogP contribution >= 0.6 is 0 Å². The number of furan rings is 1. The average molecular weight is 402 g/mol. The standard InChI is InChI=1S/C15H18N2O7S2/c1-10-4-6-12(25(16,19)20)8-13(10)15(18)23-9-11-5-7-14(24-11)26(21,22)17(2)3/h4-8H,9H2,1-3H3,(H2,16,19,20). The second kappa shape index (κ2) is 7.19. The fourth-order valence-corrected chi connectivity index (χ4v) is 3.32. The maximum absolute atomic E-state index is 12.2. The lowest BCUT2D eigenvalue weighted by Gasteiger charge is -2.09. The molecule has 2 rings (SSSR count). The highest BCUT2D eigenvalue weighted by Crippen LogP contribution is 2.19. The topological polar surface area (TPSA) is 137 Å². The Bertz CT molecular complexity index is 1040. The molecule has 9 nitrogen and oxygen atoms in total. The SMILES string of the molecule is Cc1ccc(S(N)(=O)=O)cc1C(=O)OCc1ccc(S(=O)(=O)N(C)C)o1. The zero-order valence-corrected chi connectivity index (χ0v) is 15.9. The summed E-state index contributed by atoms with van der Waals surface area (Å²) < 4.78 is 57.9. The molecular formula is C15H18N2O7S2. The first-order valence-corrected chi connectivity index (χ1v) is 10.2. The number of hydrogen-bond acceptors (Lipinski definition) is 7. The van der Waals surface area contributed by atoms with Gasteiger partial charge in [-0.3, -0.25) is 0 Å². The van der Waals surface area contributed by atoms with Crippen molar-refractivity contribution in [1.29, 1.82) is 0 Å². The summed E-state index contributed by atoms with van der Waals surface area (Å²) >= 11 is 0. The van der Waals surface area contributed by atoms with E-state index in [0.717, 1.165) is 10.4 Å². The number of sulfonamides is 2. The van der Waals surface area contributed by atoms with E-state index in [9.17, 15) is 21.6 Å². The monoisotopic (exact) mass is 402 g/mol. The Labute approximate surface area is 151 Å². The van der Waals surface area contributed by atoms with Crippen molar-refractivity contribution in [2.24, 2.45) is 5.14 Å². The lowest BCUT2D eigenvalue weighted by molar-refractivity contribution is 0.0439. The van der Waals surface area contributed by atoms with Gasteiger partial charge < -0.3 is 9.15 Å². The van der Waals surface area contributed by atoms with E-state index < -0.39 is 26.0 Å². The summed E-state index contributed by atoms with van der Waals surface area (Å²) in [6, 6.07) is 6.47. The number of primary sulfonamides is 1. The first-order chi connectivity index (χ1) is 11.9. The summed E-state index contributed by atoms with van der Waals surface area (Å²) in [6.07, 6.45) is 0. The van der Waals surface area contributed by atoms with Gasteiger partial charge in [0.05, 0.1) is 10.5 Å². The second-order valence-electron chi connectivity index (χ2n) is 5.61.